The Bertz CT molecular complexity index is 1460. The summed E-state index contributed by atoms with van der Waals surface area (Å²) in [5, 5.41) is 4.70. The van der Waals surface area contributed by atoms with Gasteiger partial charge in [-0.25, -0.2) is 14.8 Å². The number of ether oxygens (including phenoxy) is 2. The minimum atomic E-state index is -0.713. The summed E-state index contributed by atoms with van der Waals surface area (Å²) in [7, 11) is 1.81. The van der Waals surface area contributed by atoms with E-state index >= 15 is 0 Å². The minimum absolute atomic E-state index is 0.0478. The normalized spacial score (nSPS) is 17.5. The highest BCUT2D eigenvalue weighted by atomic mass is 19.1. The zero-order chi connectivity index (χ0) is 26.8. The fraction of sp³-hybridized carbons (Fsp3) is 0.370. The fourth-order valence-electron chi connectivity index (χ4n) is 4.73. The van der Waals surface area contributed by atoms with Gasteiger partial charge in [-0.05, 0) is 44.4 Å². The van der Waals surface area contributed by atoms with Crippen molar-refractivity contribution < 1.29 is 27.9 Å². The van der Waals surface area contributed by atoms with E-state index in [0.717, 1.165) is 29.8 Å². The molecule has 198 valence electrons. The van der Waals surface area contributed by atoms with Crippen molar-refractivity contribution >= 4 is 28.7 Å². The number of amides is 1. The van der Waals surface area contributed by atoms with E-state index in [0.29, 0.717) is 24.8 Å². The molecule has 5 rings (SSSR count). The standard InChI is InChI=1S/C27H28FN5O5/c1-4-20-11-19(8-9-37-20)33(27(35)36-5-2)23-21-10-17(18-14-31-32(3)15-18)13-30-26(21)38-25(23)24(34)16-6-7-22(28)29-12-16/h6-7,10,12-15,19-20H,4-5,8-9,11H2,1-3H3/t19-,20-/m0/s1. The third kappa shape index (κ3) is 4.89. The minimum Gasteiger partial charge on any atom is -0.449 e. The van der Waals surface area contributed by atoms with Crippen LogP contribution in [-0.4, -0.2) is 57.0 Å². The lowest BCUT2D eigenvalue weighted by atomic mass is 9.98. The third-order valence-electron chi connectivity index (χ3n) is 6.62. The molecule has 1 aliphatic heterocycles. The summed E-state index contributed by atoms with van der Waals surface area (Å²) in [5.74, 6) is -1.37. The van der Waals surface area contributed by atoms with Crippen LogP contribution in [0.5, 0.6) is 0 Å². The average Bonchev–Trinajstić information content (AvgIpc) is 3.53. The molecule has 2 atom stereocenters. The molecule has 1 amide bonds. The van der Waals surface area contributed by atoms with E-state index in [1.54, 1.807) is 24.0 Å². The number of hydrogen-bond acceptors (Lipinski definition) is 8. The van der Waals surface area contributed by atoms with E-state index in [4.69, 9.17) is 13.9 Å². The van der Waals surface area contributed by atoms with Crippen molar-refractivity contribution in [1.82, 2.24) is 19.7 Å². The van der Waals surface area contributed by atoms with Gasteiger partial charge in [0.05, 0.1) is 24.3 Å². The van der Waals surface area contributed by atoms with Gasteiger partial charge in [0.25, 0.3) is 0 Å². The van der Waals surface area contributed by atoms with Gasteiger partial charge in [0.15, 0.2) is 0 Å². The van der Waals surface area contributed by atoms with Gasteiger partial charge in [-0.1, -0.05) is 6.92 Å². The number of rotatable bonds is 7. The number of carbonyl (C=O) groups is 2. The molecule has 0 unspecified atom stereocenters. The first-order chi connectivity index (χ1) is 18.4. The molecule has 4 aromatic rings. The zero-order valence-electron chi connectivity index (χ0n) is 21.4. The number of hydrogen-bond donors (Lipinski definition) is 0. The van der Waals surface area contributed by atoms with Gasteiger partial charge < -0.3 is 13.9 Å². The molecule has 1 fully saturated rings. The average molecular weight is 522 g/mol. The number of aromatic nitrogens is 4. The summed E-state index contributed by atoms with van der Waals surface area (Å²) in [6, 6.07) is 3.93. The molecule has 0 aliphatic carbocycles. The van der Waals surface area contributed by atoms with Crippen LogP contribution in [-0.2, 0) is 16.5 Å². The van der Waals surface area contributed by atoms with Crippen LogP contribution < -0.4 is 4.90 Å². The Balaban J connectivity index is 1.72. The molecular formula is C27H28FN5O5. The number of aryl methyl sites for hydroxylation is 1. The molecule has 1 saturated heterocycles. The van der Waals surface area contributed by atoms with Crippen LogP contribution in [0.3, 0.4) is 0 Å². The first kappa shape index (κ1) is 25.5. The highest BCUT2D eigenvalue weighted by Crippen LogP contribution is 2.40. The van der Waals surface area contributed by atoms with Crippen LogP contribution in [0.4, 0.5) is 14.9 Å². The molecule has 0 spiro atoms. The first-order valence-electron chi connectivity index (χ1n) is 12.5. The lowest BCUT2D eigenvalue weighted by molar-refractivity contribution is 0.00468. The Hall–Kier alpha value is -4.12. The molecule has 0 aromatic carbocycles. The monoisotopic (exact) mass is 521 g/mol. The smallest absolute Gasteiger partial charge is 0.414 e. The van der Waals surface area contributed by atoms with Crippen LogP contribution in [0.2, 0.25) is 0 Å². The predicted molar refractivity (Wildman–Crippen MR) is 136 cm³/mol. The lowest BCUT2D eigenvalue weighted by Crippen LogP contribution is -2.46. The Labute approximate surface area is 218 Å². The number of ketones is 1. The van der Waals surface area contributed by atoms with Crippen LogP contribution in [0.25, 0.3) is 22.2 Å². The lowest BCUT2D eigenvalue weighted by Gasteiger charge is -2.36. The maximum Gasteiger partial charge on any atom is 0.414 e. The van der Waals surface area contributed by atoms with Crippen LogP contribution in [0, 0.1) is 5.95 Å². The molecule has 0 bridgehead atoms. The van der Waals surface area contributed by atoms with Gasteiger partial charge >= 0.3 is 6.09 Å². The third-order valence-corrected chi connectivity index (χ3v) is 6.62. The van der Waals surface area contributed by atoms with Gasteiger partial charge in [0, 0.05) is 55.0 Å². The second kappa shape index (κ2) is 10.7. The molecule has 4 aromatic heterocycles. The topological polar surface area (TPSA) is 113 Å². The second-order valence-corrected chi connectivity index (χ2v) is 9.11. The summed E-state index contributed by atoms with van der Waals surface area (Å²) in [6.07, 6.45) is 7.53. The zero-order valence-corrected chi connectivity index (χ0v) is 21.4. The van der Waals surface area contributed by atoms with Crippen molar-refractivity contribution in [2.75, 3.05) is 18.1 Å². The molecule has 5 heterocycles. The highest BCUT2D eigenvalue weighted by Gasteiger charge is 2.38. The van der Waals surface area contributed by atoms with Crippen LogP contribution in [0.1, 0.15) is 49.2 Å². The van der Waals surface area contributed by atoms with Crippen molar-refractivity contribution in [1.29, 1.82) is 0 Å². The van der Waals surface area contributed by atoms with E-state index in [1.807, 2.05) is 26.2 Å². The van der Waals surface area contributed by atoms with Gasteiger partial charge in [-0.15, -0.1) is 0 Å². The summed E-state index contributed by atoms with van der Waals surface area (Å²) in [5.41, 5.74) is 2.09. The van der Waals surface area contributed by atoms with Crippen molar-refractivity contribution in [3.8, 4) is 11.1 Å². The van der Waals surface area contributed by atoms with Crippen molar-refractivity contribution in [2.45, 2.75) is 45.3 Å². The summed E-state index contributed by atoms with van der Waals surface area (Å²) < 4.78 is 32.5. The van der Waals surface area contributed by atoms with Crippen LogP contribution >= 0.6 is 0 Å². The maximum absolute atomic E-state index is 13.7. The second-order valence-electron chi connectivity index (χ2n) is 9.11. The van der Waals surface area contributed by atoms with Gasteiger partial charge in [-0.2, -0.15) is 9.49 Å². The van der Waals surface area contributed by atoms with E-state index in [9.17, 15) is 14.0 Å². The van der Waals surface area contributed by atoms with Gasteiger partial charge in [-0.3, -0.25) is 14.4 Å². The molecule has 10 nitrogen and oxygen atoms in total. The Morgan fingerprint density at radius 1 is 1.18 bits per heavy atom. The Morgan fingerprint density at radius 3 is 2.71 bits per heavy atom. The van der Waals surface area contributed by atoms with E-state index in [2.05, 4.69) is 15.1 Å². The number of fused-ring (bicyclic) bond motifs is 1. The Morgan fingerprint density at radius 2 is 2.03 bits per heavy atom. The number of anilines is 1. The molecule has 0 radical (unpaired) electrons. The van der Waals surface area contributed by atoms with E-state index in [1.165, 1.54) is 11.0 Å². The molecular weight excluding hydrogens is 493 g/mol. The molecule has 0 N–H and O–H groups in total. The quantitative estimate of drug-likeness (QED) is 0.249. The number of carbonyl (C=O) groups excluding carboxylic acids is 2. The SMILES string of the molecule is CCOC(=O)N(c1c(C(=O)c2ccc(F)nc2)oc2ncc(-c3cnn(C)c3)cc12)[C@H]1CCO[C@@H](CC)C1. The van der Waals surface area contributed by atoms with E-state index in [-0.39, 0.29) is 41.5 Å². The molecule has 11 heteroatoms. The van der Waals surface area contributed by atoms with Gasteiger partial charge in [0.1, 0.15) is 5.69 Å². The predicted octanol–water partition coefficient (Wildman–Crippen LogP) is 4.91. The summed E-state index contributed by atoms with van der Waals surface area (Å²) in [6.45, 7) is 4.35. The largest absolute Gasteiger partial charge is 0.449 e. The maximum atomic E-state index is 13.7. The number of nitrogens with zero attached hydrogens (tertiary/aromatic N) is 5. The first-order valence-corrected chi connectivity index (χ1v) is 12.5. The number of furan rings is 1. The highest BCUT2D eigenvalue weighted by molar-refractivity contribution is 6.17. The molecule has 0 saturated carbocycles. The summed E-state index contributed by atoms with van der Waals surface area (Å²) >= 11 is 0. The number of pyridine rings is 2. The van der Waals surface area contributed by atoms with Crippen LogP contribution in [0.15, 0.2) is 47.4 Å². The van der Waals surface area contributed by atoms with Crippen molar-refractivity contribution in [2.24, 2.45) is 7.05 Å². The van der Waals surface area contributed by atoms with E-state index < -0.39 is 17.8 Å². The fourth-order valence-corrected chi connectivity index (χ4v) is 4.73. The molecule has 38 heavy (non-hydrogen) atoms. The molecule has 1 aliphatic rings. The number of halogens is 1. The Kier molecular flexibility index (Phi) is 7.19. The van der Waals surface area contributed by atoms with Gasteiger partial charge in [0.2, 0.25) is 23.2 Å². The van der Waals surface area contributed by atoms with Crippen molar-refractivity contribution in [3.63, 3.8) is 0 Å². The summed E-state index contributed by atoms with van der Waals surface area (Å²) in [4.78, 5) is 36.8. The van der Waals surface area contributed by atoms with Crippen molar-refractivity contribution in [3.05, 3.63) is 60.3 Å².